The van der Waals surface area contributed by atoms with Gasteiger partial charge in [0, 0.05) is 3.57 Å². The summed E-state index contributed by atoms with van der Waals surface area (Å²) >= 11 is 7.42. The molecule has 0 aliphatic carbocycles. The van der Waals surface area contributed by atoms with E-state index in [1.54, 1.807) is 0 Å². The van der Waals surface area contributed by atoms with Crippen LogP contribution in [0, 0.1) is 10.5 Å². The fraction of sp³-hybridized carbons (Fsp3) is 0.250. The van der Waals surface area contributed by atoms with E-state index in [0.29, 0.717) is 3.57 Å². The van der Waals surface area contributed by atoms with Gasteiger partial charge >= 0.3 is 6.18 Å². The highest BCUT2D eigenvalue weighted by Crippen LogP contribution is 2.37. The SMILES string of the molecule is Cc1cc(I)cc(Cl)c1C(F)(F)F. The molecule has 5 heteroatoms. The van der Waals surface area contributed by atoms with E-state index in [0.717, 1.165) is 0 Å². The molecule has 1 aromatic carbocycles. The van der Waals surface area contributed by atoms with E-state index >= 15 is 0 Å². The van der Waals surface area contributed by atoms with Gasteiger partial charge in [-0.05, 0) is 47.2 Å². The molecule has 0 N–H and O–H groups in total. The summed E-state index contributed by atoms with van der Waals surface area (Å²) in [6.07, 6.45) is -4.37. The summed E-state index contributed by atoms with van der Waals surface area (Å²) in [5, 5.41) is -0.239. The van der Waals surface area contributed by atoms with Gasteiger partial charge in [-0.1, -0.05) is 11.6 Å². The van der Waals surface area contributed by atoms with Crippen LogP contribution in [-0.2, 0) is 6.18 Å². The second kappa shape index (κ2) is 3.65. The van der Waals surface area contributed by atoms with E-state index in [9.17, 15) is 13.2 Å². The lowest BCUT2D eigenvalue weighted by molar-refractivity contribution is -0.137. The highest BCUT2D eigenvalue weighted by molar-refractivity contribution is 14.1. The van der Waals surface area contributed by atoms with Crippen molar-refractivity contribution < 1.29 is 13.2 Å². The molecule has 0 heterocycles. The predicted octanol–water partition coefficient (Wildman–Crippen LogP) is 4.27. The van der Waals surface area contributed by atoms with E-state index in [-0.39, 0.29) is 10.6 Å². The zero-order valence-corrected chi connectivity index (χ0v) is 9.46. The molecule has 0 unspecified atom stereocenters. The molecule has 0 saturated carbocycles. The summed E-state index contributed by atoms with van der Waals surface area (Å²) in [5.41, 5.74) is -0.584. The Morgan fingerprint density at radius 1 is 1.31 bits per heavy atom. The lowest BCUT2D eigenvalue weighted by Crippen LogP contribution is -2.08. The molecular weight excluding hydrogens is 315 g/mol. The second-order valence-electron chi connectivity index (χ2n) is 2.58. The van der Waals surface area contributed by atoms with Crippen molar-refractivity contribution in [2.75, 3.05) is 0 Å². The van der Waals surface area contributed by atoms with Gasteiger partial charge in [0.05, 0.1) is 10.6 Å². The van der Waals surface area contributed by atoms with Crippen molar-refractivity contribution in [1.29, 1.82) is 0 Å². The number of hydrogen-bond acceptors (Lipinski definition) is 0. The van der Waals surface area contributed by atoms with E-state index in [1.807, 2.05) is 22.6 Å². The van der Waals surface area contributed by atoms with Crippen LogP contribution in [0.2, 0.25) is 5.02 Å². The van der Waals surface area contributed by atoms with Crippen LogP contribution in [0.3, 0.4) is 0 Å². The predicted molar refractivity (Wildman–Crippen MR) is 53.9 cm³/mol. The zero-order valence-electron chi connectivity index (χ0n) is 6.54. The summed E-state index contributed by atoms with van der Waals surface area (Å²) in [5.74, 6) is 0. The van der Waals surface area contributed by atoms with Gasteiger partial charge in [-0.2, -0.15) is 13.2 Å². The summed E-state index contributed by atoms with van der Waals surface area (Å²) in [6.45, 7) is 1.40. The van der Waals surface area contributed by atoms with E-state index in [2.05, 4.69) is 0 Å². The number of aryl methyl sites for hydroxylation is 1. The maximum atomic E-state index is 12.4. The Hall–Kier alpha value is 0.0300. The minimum Gasteiger partial charge on any atom is -0.166 e. The molecule has 0 saturated heterocycles. The van der Waals surface area contributed by atoms with E-state index < -0.39 is 11.7 Å². The molecule has 0 radical (unpaired) electrons. The first-order valence-electron chi connectivity index (χ1n) is 3.35. The molecule has 0 aliphatic rings. The van der Waals surface area contributed by atoms with Crippen LogP contribution < -0.4 is 0 Å². The van der Waals surface area contributed by atoms with Gasteiger partial charge in [-0.15, -0.1) is 0 Å². The third-order valence-electron chi connectivity index (χ3n) is 1.54. The monoisotopic (exact) mass is 320 g/mol. The standard InChI is InChI=1S/C8H5ClF3I/c1-4-2-5(13)3-6(9)7(4)8(10,11)12/h2-3H,1H3. The number of benzene rings is 1. The van der Waals surface area contributed by atoms with Crippen LogP contribution in [0.25, 0.3) is 0 Å². The Morgan fingerprint density at radius 2 is 1.85 bits per heavy atom. The lowest BCUT2D eigenvalue weighted by Gasteiger charge is -2.12. The average Bonchev–Trinajstić information content (AvgIpc) is 1.78. The number of hydrogen-bond donors (Lipinski definition) is 0. The molecule has 0 spiro atoms. The maximum Gasteiger partial charge on any atom is 0.418 e. The van der Waals surface area contributed by atoms with Gasteiger partial charge in [0.25, 0.3) is 0 Å². The molecule has 0 amide bonds. The minimum absolute atomic E-state index is 0.157. The van der Waals surface area contributed by atoms with Gasteiger partial charge in [-0.25, -0.2) is 0 Å². The molecule has 0 atom stereocenters. The summed E-state index contributed by atoms with van der Waals surface area (Å²) in [6, 6.07) is 2.76. The molecule has 1 rings (SSSR count). The van der Waals surface area contributed by atoms with Crippen LogP contribution in [0.4, 0.5) is 13.2 Å². The van der Waals surface area contributed by atoms with Gasteiger partial charge in [0.1, 0.15) is 0 Å². The molecule has 0 aromatic heterocycles. The lowest BCUT2D eigenvalue weighted by atomic mass is 10.1. The number of alkyl halides is 3. The molecule has 0 nitrogen and oxygen atoms in total. The molecule has 72 valence electrons. The Morgan fingerprint density at radius 3 is 2.23 bits per heavy atom. The Labute approximate surface area is 92.2 Å². The van der Waals surface area contributed by atoms with Crippen molar-refractivity contribution in [2.45, 2.75) is 13.1 Å². The van der Waals surface area contributed by atoms with Gasteiger partial charge in [0.15, 0.2) is 0 Å². The van der Waals surface area contributed by atoms with E-state index in [4.69, 9.17) is 11.6 Å². The summed E-state index contributed by atoms with van der Waals surface area (Å²) in [4.78, 5) is 0. The quantitative estimate of drug-likeness (QED) is 0.626. The summed E-state index contributed by atoms with van der Waals surface area (Å²) < 4.78 is 37.8. The maximum absolute atomic E-state index is 12.4. The normalized spacial score (nSPS) is 11.8. The smallest absolute Gasteiger partial charge is 0.166 e. The summed E-state index contributed by atoms with van der Waals surface area (Å²) in [7, 11) is 0. The molecule has 1 aromatic rings. The van der Waals surface area contributed by atoms with Crippen molar-refractivity contribution in [3.05, 3.63) is 31.9 Å². The highest BCUT2D eigenvalue weighted by atomic mass is 127. The van der Waals surface area contributed by atoms with E-state index in [1.165, 1.54) is 19.1 Å². The third-order valence-corrected chi connectivity index (χ3v) is 2.46. The van der Waals surface area contributed by atoms with Crippen molar-refractivity contribution in [1.82, 2.24) is 0 Å². The van der Waals surface area contributed by atoms with Crippen molar-refractivity contribution in [2.24, 2.45) is 0 Å². The first-order valence-corrected chi connectivity index (χ1v) is 4.81. The second-order valence-corrected chi connectivity index (χ2v) is 4.23. The van der Waals surface area contributed by atoms with Crippen LogP contribution in [0.15, 0.2) is 12.1 Å². The van der Waals surface area contributed by atoms with Crippen LogP contribution >= 0.6 is 34.2 Å². The molecular formula is C8H5ClF3I. The largest absolute Gasteiger partial charge is 0.418 e. The Bertz CT molecular complexity index is 310. The van der Waals surface area contributed by atoms with Gasteiger partial charge in [0.2, 0.25) is 0 Å². The van der Waals surface area contributed by atoms with Crippen molar-refractivity contribution in [3.8, 4) is 0 Å². The van der Waals surface area contributed by atoms with Crippen LogP contribution in [-0.4, -0.2) is 0 Å². The first-order chi connectivity index (χ1) is 5.82. The van der Waals surface area contributed by atoms with Crippen LogP contribution in [0.1, 0.15) is 11.1 Å². The average molecular weight is 320 g/mol. The molecule has 0 bridgehead atoms. The Balaban J connectivity index is 3.38. The minimum atomic E-state index is -4.37. The van der Waals surface area contributed by atoms with Crippen LogP contribution in [0.5, 0.6) is 0 Å². The zero-order chi connectivity index (χ0) is 10.2. The Kier molecular flexibility index (Phi) is 3.12. The molecule has 0 fully saturated rings. The van der Waals surface area contributed by atoms with Gasteiger partial charge < -0.3 is 0 Å². The fourth-order valence-electron chi connectivity index (χ4n) is 1.06. The van der Waals surface area contributed by atoms with Crippen molar-refractivity contribution in [3.63, 3.8) is 0 Å². The number of rotatable bonds is 0. The highest BCUT2D eigenvalue weighted by Gasteiger charge is 2.34. The first kappa shape index (κ1) is 11.1. The van der Waals surface area contributed by atoms with Gasteiger partial charge in [-0.3, -0.25) is 0 Å². The topological polar surface area (TPSA) is 0 Å². The van der Waals surface area contributed by atoms with Crippen molar-refractivity contribution >= 4 is 34.2 Å². The third kappa shape index (κ3) is 2.49. The number of halogens is 5. The fourth-order valence-corrected chi connectivity index (χ4v) is 2.40. The molecule has 0 aliphatic heterocycles. The molecule has 13 heavy (non-hydrogen) atoms.